The molecule has 1 amide bonds. The van der Waals surface area contributed by atoms with Crippen LogP contribution in [0.25, 0.3) is 0 Å². The van der Waals surface area contributed by atoms with Crippen LogP contribution >= 0.6 is 12.4 Å². The molecule has 8 nitrogen and oxygen atoms in total. The van der Waals surface area contributed by atoms with Crippen LogP contribution in [0.2, 0.25) is 0 Å². The maximum Gasteiger partial charge on any atom is 0.256 e. The van der Waals surface area contributed by atoms with Crippen molar-refractivity contribution < 1.29 is 17.9 Å². The van der Waals surface area contributed by atoms with E-state index in [1.807, 2.05) is 0 Å². The smallest absolute Gasteiger partial charge is 0.256 e. The van der Waals surface area contributed by atoms with Gasteiger partial charge in [-0.1, -0.05) is 0 Å². The fraction of sp³-hybridized carbons (Fsp3) is 0.588. The Morgan fingerprint density at radius 2 is 1.74 bits per heavy atom. The number of carbonyl (C=O) groups is 1. The first-order valence-corrected chi connectivity index (χ1v) is 10.2. The fourth-order valence-corrected chi connectivity index (χ4v) is 4.10. The SMILES string of the molecule is CN(C)S(=O)(=O)c1ccc(N2CCOCC2)c(C(=O)N2CCNCC2)c1.Cl. The van der Waals surface area contributed by atoms with Crippen molar-refractivity contribution in [3.8, 4) is 0 Å². The normalized spacial score (nSPS) is 18.3. The van der Waals surface area contributed by atoms with Crippen LogP contribution in [0.15, 0.2) is 23.1 Å². The van der Waals surface area contributed by atoms with E-state index in [2.05, 4.69) is 10.2 Å². The molecule has 0 saturated carbocycles. The number of nitrogens with one attached hydrogen (secondary N) is 1. The quantitative estimate of drug-likeness (QED) is 0.754. The predicted molar refractivity (Wildman–Crippen MR) is 106 cm³/mol. The van der Waals surface area contributed by atoms with Crippen LogP contribution in [0.5, 0.6) is 0 Å². The minimum Gasteiger partial charge on any atom is -0.378 e. The van der Waals surface area contributed by atoms with Crippen LogP contribution < -0.4 is 10.2 Å². The molecule has 2 aliphatic rings. The van der Waals surface area contributed by atoms with Gasteiger partial charge in [0.25, 0.3) is 5.91 Å². The van der Waals surface area contributed by atoms with Crippen LogP contribution in [0, 0.1) is 0 Å². The molecule has 152 valence electrons. The van der Waals surface area contributed by atoms with E-state index in [0.29, 0.717) is 45.0 Å². The van der Waals surface area contributed by atoms with Crippen LogP contribution in [0.4, 0.5) is 5.69 Å². The van der Waals surface area contributed by atoms with E-state index in [4.69, 9.17) is 4.74 Å². The second-order valence-corrected chi connectivity index (χ2v) is 8.76. The number of ether oxygens (including phenoxy) is 1. The molecule has 1 aromatic carbocycles. The van der Waals surface area contributed by atoms with E-state index in [0.717, 1.165) is 23.1 Å². The lowest BCUT2D eigenvalue weighted by molar-refractivity contribution is 0.0735. The molecule has 2 heterocycles. The van der Waals surface area contributed by atoms with Gasteiger partial charge in [-0.2, -0.15) is 0 Å². The van der Waals surface area contributed by atoms with Gasteiger partial charge in [0, 0.05) is 59.1 Å². The second-order valence-electron chi connectivity index (χ2n) is 6.61. The number of hydrogen-bond acceptors (Lipinski definition) is 6. The highest BCUT2D eigenvalue weighted by Gasteiger charge is 2.27. The summed E-state index contributed by atoms with van der Waals surface area (Å²) in [5.41, 5.74) is 1.21. The van der Waals surface area contributed by atoms with Crippen molar-refractivity contribution in [3.63, 3.8) is 0 Å². The van der Waals surface area contributed by atoms with E-state index in [-0.39, 0.29) is 23.2 Å². The Balaban J connectivity index is 0.00000261. The molecule has 0 unspecified atom stereocenters. The lowest BCUT2D eigenvalue weighted by atomic mass is 10.1. The average molecular weight is 419 g/mol. The molecule has 0 aromatic heterocycles. The fourth-order valence-electron chi connectivity index (χ4n) is 3.18. The van der Waals surface area contributed by atoms with Gasteiger partial charge in [0.1, 0.15) is 0 Å². The number of halogens is 1. The van der Waals surface area contributed by atoms with Gasteiger partial charge in [-0.25, -0.2) is 12.7 Å². The molecule has 3 rings (SSSR count). The lowest BCUT2D eigenvalue weighted by Gasteiger charge is -2.33. The standard InChI is InChI=1S/C17H26N4O4S.ClH/c1-19(2)26(23,24)14-3-4-16(20-9-11-25-12-10-20)15(13-14)17(22)21-7-5-18-6-8-21;/h3-4,13,18H,5-12H2,1-2H3;1H. The number of benzene rings is 1. The Bertz CT molecular complexity index is 760. The second kappa shape index (κ2) is 9.20. The summed E-state index contributed by atoms with van der Waals surface area (Å²) >= 11 is 0. The highest BCUT2D eigenvalue weighted by atomic mass is 35.5. The largest absolute Gasteiger partial charge is 0.378 e. The first kappa shape index (κ1) is 21.9. The number of morpholine rings is 1. The molecule has 27 heavy (non-hydrogen) atoms. The number of sulfonamides is 1. The summed E-state index contributed by atoms with van der Waals surface area (Å²) in [5, 5.41) is 3.23. The maximum atomic E-state index is 13.1. The van der Waals surface area contributed by atoms with Crippen LogP contribution in [-0.4, -0.2) is 90.1 Å². The molecule has 1 N–H and O–H groups in total. The van der Waals surface area contributed by atoms with E-state index >= 15 is 0 Å². The third kappa shape index (κ3) is 4.72. The minimum absolute atomic E-state index is 0. The molecule has 0 bridgehead atoms. The third-order valence-electron chi connectivity index (χ3n) is 4.73. The van der Waals surface area contributed by atoms with E-state index in [1.165, 1.54) is 20.2 Å². The van der Waals surface area contributed by atoms with E-state index in [1.54, 1.807) is 17.0 Å². The van der Waals surface area contributed by atoms with Gasteiger partial charge in [-0.05, 0) is 18.2 Å². The van der Waals surface area contributed by atoms with Gasteiger partial charge in [-0.15, -0.1) is 12.4 Å². The predicted octanol–water partition coefficient (Wildman–Crippen LogP) is 0.241. The summed E-state index contributed by atoms with van der Waals surface area (Å²) in [6, 6.07) is 4.84. The molecule has 10 heteroatoms. The van der Waals surface area contributed by atoms with Gasteiger partial charge >= 0.3 is 0 Å². The number of anilines is 1. The monoisotopic (exact) mass is 418 g/mol. The van der Waals surface area contributed by atoms with Crippen LogP contribution in [0.3, 0.4) is 0 Å². The highest BCUT2D eigenvalue weighted by molar-refractivity contribution is 7.89. The first-order valence-electron chi connectivity index (χ1n) is 8.80. The molecule has 0 spiro atoms. The number of amides is 1. The van der Waals surface area contributed by atoms with Gasteiger partial charge in [-0.3, -0.25) is 4.79 Å². The Hall–Kier alpha value is -1.39. The Morgan fingerprint density at radius 3 is 2.33 bits per heavy atom. The highest BCUT2D eigenvalue weighted by Crippen LogP contribution is 2.27. The number of hydrogen-bond donors (Lipinski definition) is 1. The van der Waals surface area contributed by atoms with Crippen molar-refractivity contribution in [2.75, 3.05) is 71.5 Å². The van der Waals surface area contributed by atoms with Crippen molar-refractivity contribution in [1.29, 1.82) is 0 Å². The van der Waals surface area contributed by atoms with Crippen molar-refractivity contribution in [1.82, 2.24) is 14.5 Å². The van der Waals surface area contributed by atoms with Gasteiger partial charge < -0.3 is 19.9 Å². The maximum absolute atomic E-state index is 13.1. The number of carbonyl (C=O) groups excluding carboxylic acids is 1. The Labute approximate surface area is 166 Å². The topological polar surface area (TPSA) is 82.2 Å². The summed E-state index contributed by atoms with van der Waals surface area (Å²) in [7, 11) is -0.626. The van der Waals surface area contributed by atoms with Gasteiger partial charge in [0.15, 0.2) is 0 Å². The van der Waals surface area contributed by atoms with Crippen LogP contribution in [-0.2, 0) is 14.8 Å². The molecule has 2 saturated heterocycles. The zero-order chi connectivity index (χ0) is 18.7. The van der Waals surface area contributed by atoms with Crippen LogP contribution in [0.1, 0.15) is 10.4 Å². The molecule has 1 aromatic rings. The molecular formula is C17H27ClN4O4S. The summed E-state index contributed by atoms with van der Waals surface area (Å²) in [4.78, 5) is 17.1. The third-order valence-corrected chi connectivity index (χ3v) is 6.54. The molecular weight excluding hydrogens is 392 g/mol. The Kier molecular flexibility index (Phi) is 7.47. The zero-order valence-electron chi connectivity index (χ0n) is 15.7. The zero-order valence-corrected chi connectivity index (χ0v) is 17.3. The summed E-state index contributed by atoms with van der Waals surface area (Å²) in [5.74, 6) is -0.121. The Morgan fingerprint density at radius 1 is 1.11 bits per heavy atom. The minimum atomic E-state index is -3.60. The summed E-state index contributed by atoms with van der Waals surface area (Å²) in [6.07, 6.45) is 0. The van der Waals surface area contributed by atoms with E-state index < -0.39 is 10.0 Å². The first-order chi connectivity index (χ1) is 12.4. The lowest BCUT2D eigenvalue weighted by Crippen LogP contribution is -2.47. The van der Waals surface area contributed by atoms with Crippen molar-refractivity contribution >= 4 is 34.0 Å². The molecule has 2 aliphatic heterocycles. The molecule has 0 atom stereocenters. The number of piperazine rings is 1. The average Bonchev–Trinajstić information content (AvgIpc) is 2.68. The molecule has 0 aliphatic carbocycles. The molecule has 2 fully saturated rings. The van der Waals surface area contributed by atoms with E-state index in [9.17, 15) is 13.2 Å². The molecule has 0 radical (unpaired) electrons. The van der Waals surface area contributed by atoms with Gasteiger partial charge in [0.05, 0.1) is 23.7 Å². The summed E-state index contributed by atoms with van der Waals surface area (Å²) in [6.45, 7) is 5.28. The van der Waals surface area contributed by atoms with Crippen molar-refractivity contribution in [2.24, 2.45) is 0 Å². The number of nitrogens with zero attached hydrogens (tertiary/aromatic N) is 3. The van der Waals surface area contributed by atoms with Crippen molar-refractivity contribution in [3.05, 3.63) is 23.8 Å². The number of rotatable bonds is 4. The van der Waals surface area contributed by atoms with Gasteiger partial charge in [0.2, 0.25) is 10.0 Å². The summed E-state index contributed by atoms with van der Waals surface area (Å²) < 4.78 is 31.6. The van der Waals surface area contributed by atoms with Crippen molar-refractivity contribution in [2.45, 2.75) is 4.90 Å².